The van der Waals surface area contributed by atoms with Gasteiger partial charge in [-0.05, 0) is 13.0 Å². The van der Waals surface area contributed by atoms with Crippen LogP contribution in [0.5, 0.6) is 11.5 Å². The highest BCUT2D eigenvalue weighted by atomic mass is 16.5. The Morgan fingerprint density at radius 1 is 1.26 bits per heavy atom. The van der Waals surface area contributed by atoms with Crippen LogP contribution < -0.4 is 26.3 Å². The number of anilines is 1. The molecule has 0 aromatic heterocycles. The highest BCUT2D eigenvalue weighted by Crippen LogP contribution is 2.30. The maximum atomic E-state index is 12.0. The lowest BCUT2D eigenvalue weighted by atomic mass is 10.1. The molecule has 0 bridgehead atoms. The summed E-state index contributed by atoms with van der Waals surface area (Å²) in [4.78, 5) is 22.9. The van der Waals surface area contributed by atoms with Gasteiger partial charge in [-0.1, -0.05) is 0 Å². The van der Waals surface area contributed by atoms with E-state index in [2.05, 4.69) is 5.32 Å². The molecule has 7 heteroatoms. The van der Waals surface area contributed by atoms with Crippen LogP contribution in [0.2, 0.25) is 0 Å². The fraction of sp³-hybridized carbons (Fsp3) is 0.333. The Kier molecular flexibility index (Phi) is 4.57. The van der Waals surface area contributed by atoms with Crippen LogP contribution in [0.15, 0.2) is 12.1 Å². The molecule has 0 aliphatic rings. The van der Waals surface area contributed by atoms with Gasteiger partial charge >= 0.3 is 0 Å². The zero-order valence-corrected chi connectivity index (χ0v) is 11.0. The summed E-state index contributed by atoms with van der Waals surface area (Å²) in [6, 6.07) is 2.22. The predicted molar refractivity (Wildman–Crippen MR) is 70.1 cm³/mol. The number of hydrogen-bond donors (Lipinski definition) is 3. The summed E-state index contributed by atoms with van der Waals surface area (Å²) in [5, 5.41) is 2.43. The summed E-state index contributed by atoms with van der Waals surface area (Å²) in [5.74, 6) is -0.429. The van der Waals surface area contributed by atoms with E-state index in [4.69, 9.17) is 20.9 Å². The first-order valence-corrected chi connectivity index (χ1v) is 5.52. The topological polar surface area (TPSA) is 117 Å². The van der Waals surface area contributed by atoms with E-state index < -0.39 is 17.9 Å². The highest BCUT2D eigenvalue weighted by molar-refractivity contribution is 6.02. The molecule has 0 radical (unpaired) electrons. The molecule has 7 nitrogen and oxygen atoms in total. The molecule has 5 N–H and O–H groups in total. The Bertz CT molecular complexity index is 502. The number of primary amides is 1. The van der Waals surface area contributed by atoms with Crippen LogP contribution in [-0.4, -0.2) is 32.1 Å². The number of carbonyl (C=O) groups is 2. The second-order valence-corrected chi connectivity index (χ2v) is 3.89. The molecule has 0 aliphatic carbocycles. The van der Waals surface area contributed by atoms with Crippen molar-refractivity contribution in [3.05, 3.63) is 17.7 Å². The van der Waals surface area contributed by atoms with Gasteiger partial charge in [-0.2, -0.15) is 0 Å². The third-order valence-corrected chi connectivity index (χ3v) is 2.59. The number of nitrogen functional groups attached to an aromatic ring is 1. The maximum absolute atomic E-state index is 12.0. The van der Waals surface area contributed by atoms with Gasteiger partial charge in [-0.25, -0.2) is 0 Å². The van der Waals surface area contributed by atoms with Crippen molar-refractivity contribution in [2.45, 2.75) is 13.0 Å². The van der Waals surface area contributed by atoms with Crippen LogP contribution in [0.3, 0.4) is 0 Å². The Morgan fingerprint density at radius 2 is 1.89 bits per heavy atom. The number of hydrogen-bond acceptors (Lipinski definition) is 5. The maximum Gasteiger partial charge on any atom is 0.254 e. The van der Waals surface area contributed by atoms with E-state index in [1.165, 1.54) is 27.2 Å². The summed E-state index contributed by atoms with van der Waals surface area (Å²) in [7, 11) is 2.89. The molecule has 0 heterocycles. The van der Waals surface area contributed by atoms with Gasteiger partial charge in [0.05, 0.1) is 25.5 Å². The molecular formula is C12H17N3O4. The lowest BCUT2D eigenvalue weighted by Crippen LogP contribution is -2.42. The number of benzene rings is 1. The van der Waals surface area contributed by atoms with Crippen molar-refractivity contribution in [2.75, 3.05) is 20.0 Å². The molecule has 2 amide bonds. The molecule has 0 aliphatic heterocycles. The minimum Gasteiger partial charge on any atom is -0.497 e. The quantitative estimate of drug-likeness (QED) is 0.643. The second kappa shape index (κ2) is 5.94. The molecule has 0 spiro atoms. The van der Waals surface area contributed by atoms with Crippen molar-refractivity contribution < 1.29 is 19.1 Å². The van der Waals surface area contributed by atoms with Gasteiger partial charge < -0.3 is 26.3 Å². The summed E-state index contributed by atoms with van der Waals surface area (Å²) in [6.45, 7) is 1.48. The molecule has 0 saturated carbocycles. The lowest BCUT2D eigenvalue weighted by molar-refractivity contribution is -0.119. The standard InChI is InChI=1S/C12H17N3O4/c1-6(11(14)16)15-12(17)8-4-7(18-2)5-9(19-3)10(8)13/h4-6H,13H2,1-3H3,(H2,14,16)(H,15,17). The van der Waals surface area contributed by atoms with Crippen molar-refractivity contribution in [3.63, 3.8) is 0 Å². The smallest absolute Gasteiger partial charge is 0.254 e. The largest absolute Gasteiger partial charge is 0.497 e. The Balaban J connectivity index is 3.11. The Labute approximate surface area is 110 Å². The van der Waals surface area contributed by atoms with Crippen LogP contribution in [0.4, 0.5) is 5.69 Å². The number of nitrogens with one attached hydrogen (secondary N) is 1. The van der Waals surface area contributed by atoms with E-state index >= 15 is 0 Å². The van der Waals surface area contributed by atoms with E-state index in [0.29, 0.717) is 11.5 Å². The number of amides is 2. The summed E-state index contributed by atoms with van der Waals surface area (Å²) >= 11 is 0. The van der Waals surface area contributed by atoms with Crippen LogP contribution in [0, 0.1) is 0 Å². The molecule has 1 rings (SSSR count). The second-order valence-electron chi connectivity index (χ2n) is 3.89. The molecule has 1 aromatic rings. The molecule has 0 saturated heterocycles. The summed E-state index contributed by atoms with van der Waals surface area (Å²) in [5.41, 5.74) is 11.2. The van der Waals surface area contributed by atoms with Gasteiger partial charge in [0, 0.05) is 6.07 Å². The number of ether oxygens (including phenoxy) is 2. The average molecular weight is 267 g/mol. The van der Waals surface area contributed by atoms with Crippen LogP contribution in [0.25, 0.3) is 0 Å². The van der Waals surface area contributed by atoms with Crippen molar-refractivity contribution >= 4 is 17.5 Å². The van der Waals surface area contributed by atoms with Gasteiger partial charge in [-0.15, -0.1) is 0 Å². The normalized spacial score (nSPS) is 11.5. The third kappa shape index (κ3) is 3.27. The van der Waals surface area contributed by atoms with E-state index in [1.54, 1.807) is 6.07 Å². The minimum absolute atomic E-state index is 0.157. The first kappa shape index (κ1) is 14.6. The monoisotopic (exact) mass is 267 g/mol. The van der Waals surface area contributed by atoms with Gasteiger partial charge in [0.2, 0.25) is 5.91 Å². The van der Waals surface area contributed by atoms with Gasteiger partial charge in [-0.3, -0.25) is 9.59 Å². The van der Waals surface area contributed by atoms with E-state index in [0.717, 1.165) is 0 Å². The molecular weight excluding hydrogens is 250 g/mol. The predicted octanol–water partition coefficient (Wildman–Crippen LogP) is -0.110. The molecule has 1 unspecified atom stereocenters. The Hall–Kier alpha value is -2.44. The first-order valence-electron chi connectivity index (χ1n) is 5.52. The van der Waals surface area contributed by atoms with Gasteiger partial charge in [0.25, 0.3) is 5.91 Å². The molecule has 19 heavy (non-hydrogen) atoms. The molecule has 104 valence electrons. The van der Waals surface area contributed by atoms with Crippen molar-refractivity contribution in [2.24, 2.45) is 5.73 Å². The minimum atomic E-state index is -0.802. The summed E-state index contributed by atoms with van der Waals surface area (Å²) in [6.07, 6.45) is 0. The zero-order valence-electron chi connectivity index (χ0n) is 11.0. The number of nitrogens with two attached hydrogens (primary N) is 2. The van der Waals surface area contributed by atoms with E-state index in [-0.39, 0.29) is 11.3 Å². The Morgan fingerprint density at radius 3 is 2.37 bits per heavy atom. The van der Waals surface area contributed by atoms with Crippen molar-refractivity contribution in [1.29, 1.82) is 0 Å². The molecule has 1 aromatic carbocycles. The first-order chi connectivity index (χ1) is 8.90. The van der Waals surface area contributed by atoms with Crippen molar-refractivity contribution in [1.82, 2.24) is 5.32 Å². The lowest BCUT2D eigenvalue weighted by Gasteiger charge is -2.14. The fourth-order valence-corrected chi connectivity index (χ4v) is 1.42. The van der Waals surface area contributed by atoms with E-state index in [1.807, 2.05) is 0 Å². The van der Waals surface area contributed by atoms with Gasteiger partial charge in [0.15, 0.2) is 0 Å². The third-order valence-electron chi connectivity index (χ3n) is 2.59. The fourth-order valence-electron chi connectivity index (χ4n) is 1.42. The van der Waals surface area contributed by atoms with Gasteiger partial charge in [0.1, 0.15) is 17.5 Å². The van der Waals surface area contributed by atoms with Crippen LogP contribution in [-0.2, 0) is 4.79 Å². The number of methoxy groups -OCH3 is 2. The summed E-state index contributed by atoms with van der Waals surface area (Å²) < 4.78 is 10.1. The zero-order chi connectivity index (χ0) is 14.6. The number of carbonyl (C=O) groups excluding carboxylic acids is 2. The SMILES string of the molecule is COc1cc(OC)c(N)c(C(=O)NC(C)C(N)=O)c1. The van der Waals surface area contributed by atoms with E-state index in [9.17, 15) is 9.59 Å². The highest BCUT2D eigenvalue weighted by Gasteiger charge is 2.19. The van der Waals surface area contributed by atoms with Crippen molar-refractivity contribution in [3.8, 4) is 11.5 Å². The average Bonchev–Trinajstić information content (AvgIpc) is 2.38. The molecule has 0 fully saturated rings. The van der Waals surface area contributed by atoms with Crippen LogP contribution >= 0.6 is 0 Å². The number of rotatable bonds is 5. The molecule has 1 atom stereocenters. The van der Waals surface area contributed by atoms with Crippen LogP contribution in [0.1, 0.15) is 17.3 Å².